The van der Waals surface area contributed by atoms with Gasteiger partial charge in [-0.3, -0.25) is 0 Å². The van der Waals surface area contributed by atoms with E-state index in [-0.39, 0.29) is 23.5 Å². The maximum Gasteiger partial charge on any atom is 0.243 e. The van der Waals surface area contributed by atoms with Gasteiger partial charge in [0.25, 0.3) is 0 Å². The molecule has 1 aliphatic rings. The largest absolute Gasteiger partial charge is 0.329 e. The minimum atomic E-state index is -3.92. The van der Waals surface area contributed by atoms with Gasteiger partial charge in [0.1, 0.15) is 10.7 Å². The molecule has 0 spiro atoms. The Morgan fingerprint density at radius 3 is 2.60 bits per heavy atom. The third-order valence-corrected chi connectivity index (χ3v) is 5.47. The van der Waals surface area contributed by atoms with E-state index in [1.54, 1.807) is 0 Å². The fraction of sp³-hybridized carbons (Fsp3) is 0.538. The SMILES string of the molecule is NCC(NS(=O)(=O)c1ccc(Cl)cc1F)C1CCCC1. The molecule has 0 amide bonds. The molecule has 0 aliphatic heterocycles. The van der Waals surface area contributed by atoms with Crippen molar-refractivity contribution in [1.82, 2.24) is 4.72 Å². The normalized spacial score (nSPS) is 18.4. The van der Waals surface area contributed by atoms with Crippen molar-refractivity contribution in [3.05, 3.63) is 29.0 Å². The lowest BCUT2D eigenvalue weighted by atomic mass is 9.99. The molecule has 1 aromatic carbocycles. The zero-order valence-electron chi connectivity index (χ0n) is 11.0. The van der Waals surface area contributed by atoms with Gasteiger partial charge in [0.2, 0.25) is 10.0 Å². The third kappa shape index (κ3) is 3.49. The first kappa shape index (κ1) is 15.7. The van der Waals surface area contributed by atoms with Crippen molar-refractivity contribution in [1.29, 1.82) is 0 Å². The first-order valence-electron chi connectivity index (χ1n) is 6.61. The Bertz CT molecular complexity index is 574. The van der Waals surface area contributed by atoms with Crippen molar-refractivity contribution in [3.8, 4) is 0 Å². The van der Waals surface area contributed by atoms with Crippen molar-refractivity contribution in [2.75, 3.05) is 6.54 Å². The summed E-state index contributed by atoms with van der Waals surface area (Å²) in [6, 6.07) is 3.16. The Balaban J connectivity index is 2.21. The van der Waals surface area contributed by atoms with Crippen molar-refractivity contribution < 1.29 is 12.8 Å². The van der Waals surface area contributed by atoms with Gasteiger partial charge in [0, 0.05) is 17.6 Å². The molecule has 4 nitrogen and oxygen atoms in total. The predicted molar refractivity (Wildman–Crippen MR) is 76.5 cm³/mol. The summed E-state index contributed by atoms with van der Waals surface area (Å²) in [4.78, 5) is -0.390. The average Bonchev–Trinajstić information content (AvgIpc) is 2.89. The number of hydrogen-bond acceptors (Lipinski definition) is 3. The van der Waals surface area contributed by atoms with Crippen LogP contribution in [0.1, 0.15) is 25.7 Å². The van der Waals surface area contributed by atoms with E-state index in [9.17, 15) is 12.8 Å². The molecular formula is C13H18ClFN2O2S. The fourth-order valence-electron chi connectivity index (χ4n) is 2.65. The molecule has 7 heteroatoms. The van der Waals surface area contributed by atoms with Gasteiger partial charge in [-0.05, 0) is 37.0 Å². The number of hydrogen-bond donors (Lipinski definition) is 2. The summed E-state index contributed by atoms with van der Waals surface area (Å²) in [7, 11) is -3.92. The molecule has 1 unspecified atom stereocenters. The minimum Gasteiger partial charge on any atom is -0.329 e. The van der Waals surface area contributed by atoms with Crippen LogP contribution >= 0.6 is 11.6 Å². The lowest BCUT2D eigenvalue weighted by Crippen LogP contribution is -2.44. The Morgan fingerprint density at radius 2 is 2.05 bits per heavy atom. The number of benzene rings is 1. The van der Waals surface area contributed by atoms with E-state index in [2.05, 4.69) is 4.72 Å². The number of nitrogens with one attached hydrogen (secondary N) is 1. The molecule has 112 valence electrons. The molecule has 1 atom stereocenters. The van der Waals surface area contributed by atoms with Crippen LogP contribution < -0.4 is 10.5 Å². The first-order chi connectivity index (χ1) is 9.44. The highest BCUT2D eigenvalue weighted by Gasteiger charge is 2.29. The number of halogens is 2. The lowest BCUT2D eigenvalue weighted by molar-refractivity contribution is 0.404. The zero-order chi connectivity index (χ0) is 14.8. The predicted octanol–water partition coefficient (Wildman–Crippen LogP) is 2.27. The van der Waals surface area contributed by atoms with E-state index in [0.717, 1.165) is 31.7 Å². The van der Waals surface area contributed by atoms with Gasteiger partial charge in [-0.1, -0.05) is 24.4 Å². The highest BCUT2D eigenvalue weighted by molar-refractivity contribution is 7.89. The average molecular weight is 321 g/mol. The molecule has 20 heavy (non-hydrogen) atoms. The van der Waals surface area contributed by atoms with Crippen LogP contribution in [-0.2, 0) is 10.0 Å². The van der Waals surface area contributed by atoms with Crippen LogP contribution in [0.3, 0.4) is 0 Å². The molecule has 1 aliphatic carbocycles. The Kier molecular flexibility index (Phi) is 5.01. The molecule has 1 fully saturated rings. The van der Waals surface area contributed by atoms with Gasteiger partial charge in [-0.25, -0.2) is 17.5 Å². The molecule has 3 N–H and O–H groups in total. The van der Waals surface area contributed by atoms with E-state index < -0.39 is 20.7 Å². The van der Waals surface area contributed by atoms with E-state index in [1.807, 2.05) is 0 Å². The highest BCUT2D eigenvalue weighted by atomic mass is 35.5. The summed E-state index contributed by atoms with van der Waals surface area (Å²) in [6.07, 6.45) is 4.07. The summed E-state index contributed by atoms with van der Waals surface area (Å²) in [6.45, 7) is 0.207. The minimum absolute atomic E-state index is 0.160. The van der Waals surface area contributed by atoms with Crippen LogP contribution in [0.4, 0.5) is 4.39 Å². The van der Waals surface area contributed by atoms with Crippen LogP contribution in [0.25, 0.3) is 0 Å². The quantitative estimate of drug-likeness (QED) is 0.874. The standard InChI is InChI=1S/C13H18ClFN2O2S/c14-10-5-6-13(11(15)7-10)20(18,19)17-12(8-16)9-3-1-2-4-9/h5-7,9,12,17H,1-4,8,16H2. The second kappa shape index (κ2) is 6.39. The van der Waals surface area contributed by atoms with Crippen LogP contribution in [0.2, 0.25) is 5.02 Å². The molecule has 0 heterocycles. The summed E-state index contributed by atoms with van der Waals surface area (Å²) in [5.74, 6) is -0.627. The van der Waals surface area contributed by atoms with E-state index in [4.69, 9.17) is 17.3 Å². The summed E-state index contributed by atoms with van der Waals surface area (Å²) in [5, 5.41) is 0.160. The van der Waals surface area contributed by atoms with Crippen molar-refractivity contribution in [3.63, 3.8) is 0 Å². The van der Waals surface area contributed by atoms with Gasteiger partial charge in [0.05, 0.1) is 0 Å². The summed E-state index contributed by atoms with van der Waals surface area (Å²) >= 11 is 5.63. The summed E-state index contributed by atoms with van der Waals surface area (Å²) < 4.78 is 40.7. The molecule has 2 rings (SSSR count). The van der Waals surface area contributed by atoms with Crippen molar-refractivity contribution >= 4 is 21.6 Å². The maximum atomic E-state index is 13.7. The van der Waals surface area contributed by atoms with Gasteiger partial charge in [0.15, 0.2) is 0 Å². The van der Waals surface area contributed by atoms with Crippen LogP contribution in [-0.4, -0.2) is 21.0 Å². The van der Waals surface area contributed by atoms with Gasteiger partial charge >= 0.3 is 0 Å². The maximum absolute atomic E-state index is 13.7. The van der Waals surface area contributed by atoms with Crippen molar-refractivity contribution in [2.24, 2.45) is 11.7 Å². The van der Waals surface area contributed by atoms with E-state index in [0.29, 0.717) is 0 Å². The lowest BCUT2D eigenvalue weighted by Gasteiger charge is -2.23. The molecular weight excluding hydrogens is 303 g/mol. The van der Waals surface area contributed by atoms with Crippen molar-refractivity contribution in [2.45, 2.75) is 36.6 Å². The van der Waals surface area contributed by atoms with Crippen LogP contribution in [0.15, 0.2) is 23.1 Å². The van der Waals surface area contributed by atoms with E-state index in [1.165, 1.54) is 12.1 Å². The molecule has 0 bridgehead atoms. The van der Waals surface area contributed by atoms with Gasteiger partial charge < -0.3 is 5.73 Å². The van der Waals surface area contributed by atoms with Gasteiger partial charge in [-0.2, -0.15) is 0 Å². The smallest absolute Gasteiger partial charge is 0.243 e. The Hall–Kier alpha value is -0.690. The zero-order valence-corrected chi connectivity index (χ0v) is 12.6. The molecule has 0 radical (unpaired) electrons. The van der Waals surface area contributed by atoms with Crippen LogP contribution in [0.5, 0.6) is 0 Å². The number of rotatable bonds is 5. The monoisotopic (exact) mass is 320 g/mol. The molecule has 0 saturated heterocycles. The molecule has 1 saturated carbocycles. The summed E-state index contributed by atoms with van der Waals surface area (Å²) in [5.41, 5.74) is 5.66. The molecule has 1 aromatic rings. The second-order valence-electron chi connectivity index (χ2n) is 5.08. The highest BCUT2D eigenvalue weighted by Crippen LogP contribution is 2.28. The third-order valence-electron chi connectivity index (χ3n) is 3.71. The fourth-order valence-corrected chi connectivity index (χ4v) is 4.19. The van der Waals surface area contributed by atoms with E-state index >= 15 is 0 Å². The first-order valence-corrected chi connectivity index (χ1v) is 8.47. The second-order valence-corrected chi connectivity index (χ2v) is 7.20. The molecule has 0 aromatic heterocycles. The van der Waals surface area contributed by atoms with Crippen LogP contribution in [0, 0.1) is 11.7 Å². The topological polar surface area (TPSA) is 72.2 Å². The Morgan fingerprint density at radius 1 is 1.40 bits per heavy atom. The van der Waals surface area contributed by atoms with Gasteiger partial charge in [-0.15, -0.1) is 0 Å². The Labute approximate surface area is 123 Å². The number of sulfonamides is 1. The number of nitrogens with two attached hydrogens (primary N) is 1.